The molecule has 3 heterocycles. The highest BCUT2D eigenvalue weighted by molar-refractivity contribution is 5.76. The average Bonchev–Trinajstić information content (AvgIpc) is 3.04. The lowest BCUT2D eigenvalue weighted by Crippen LogP contribution is -2.52. The second-order valence-electron chi connectivity index (χ2n) is 5.84. The monoisotopic (exact) mass is 330 g/mol. The van der Waals surface area contributed by atoms with E-state index in [0.717, 1.165) is 12.2 Å². The van der Waals surface area contributed by atoms with Crippen LogP contribution >= 0.6 is 0 Å². The van der Waals surface area contributed by atoms with Gasteiger partial charge in [-0.3, -0.25) is 4.79 Å². The topological polar surface area (TPSA) is 96.2 Å². The quantitative estimate of drug-likeness (QED) is 0.819. The standard InChI is InChI=1S/C16H22N6O2/c1-2-14-17-7-9-21(14)11-15(24)22-8-4-12(13(23)10-22)20-16-18-5-3-6-19-16/h3,5-7,9,12-13,23H,2,4,8,10-11H2,1H3,(H,18,19,20)/t12-,13-/m1/s1. The number of piperidine rings is 1. The Morgan fingerprint density at radius 2 is 2.12 bits per heavy atom. The molecule has 0 aliphatic carbocycles. The predicted molar refractivity (Wildman–Crippen MR) is 88.3 cm³/mol. The van der Waals surface area contributed by atoms with Gasteiger partial charge in [0.15, 0.2) is 0 Å². The van der Waals surface area contributed by atoms with Gasteiger partial charge in [0.1, 0.15) is 12.4 Å². The van der Waals surface area contributed by atoms with E-state index in [9.17, 15) is 9.90 Å². The summed E-state index contributed by atoms with van der Waals surface area (Å²) in [4.78, 5) is 26.6. The van der Waals surface area contributed by atoms with Crippen molar-refractivity contribution >= 4 is 11.9 Å². The molecule has 0 saturated carbocycles. The van der Waals surface area contributed by atoms with Gasteiger partial charge in [0.05, 0.1) is 12.1 Å². The summed E-state index contributed by atoms with van der Waals surface area (Å²) in [5.74, 6) is 1.38. The molecule has 1 saturated heterocycles. The first-order valence-corrected chi connectivity index (χ1v) is 8.16. The number of hydrogen-bond acceptors (Lipinski definition) is 6. The Balaban J connectivity index is 1.56. The van der Waals surface area contributed by atoms with Crippen LogP contribution in [0.5, 0.6) is 0 Å². The van der Waals surface area contributed by atoms with Crippen LogP contribution in [0, 0.1) is 0 Å². The first kappa shape index (κ1) is 16.4. The van der Waals surface area contributed by atoms with Gasteiger partial charge in [-0.15, -0.1) is 0 Å². The van der Waals surface area contributed by atoms with Crippen LogP contribution in [0.3, 0.4) is 0 Å². The Hall–Kier alpha value is -2.48. The molecule has 2 atom stereocenters. The molecule has 1 aliphatic heterocycles. The minimum atomic E-state index is -0.653. The van der Waals surface area contributed by atoms with Crippen LogP contribution < -0.4 is 5.32 Å². The number of aliphatic hydroxyl groups excluding tert-OH is 1. The van der Waals surface area contributed by atoms with E-state index in [4.69, 9.17) is 0 Å². The molecule has 0 aromatic carbocycles. The number of rotatable bonds is 5. The van der Waals surface area contributed by atoms with Gasteiger partial charge < -0.3 is 19.9 Å². The van der Waals surface area contributed by atoms with Crippen molar-refractivity contribution < 1.29 is 9.90 Å². The lowest BCUT2D eigenvalue weighted by molar-refractivity contribution is -0.135. The Morgan fingerprint density at radius 1 is 1.33 bits per heavy atom. The third-order valence-electron chi connectivity index (χ3n) is 4.24. The van der Waals surface area contributed by atoms with Gasteiger partial charge in [0, 0.05) is 44.3 Å². The summed E-state index contributed by atoms with van der Waals surface area (Å²) in [7, 11) is 0. The number of imidazole rings is 1. The summed E-state index contributed by atoms with van der Waals surface area (Å²) in [6, 6.07) is 1.58. The van der Waals surface area contributed by atoms with E-state index < -0.39 is 6.10 Å². The molecule has 3 rings (SSSR count). The second-order valence-corrected chi connectivity index (χ2v) is 5.84. The Bertz CT molecular complexity index is 674. The summed E-state index contributed by atoms with van der Waals surface area (Å²) >= 11 is 0. The Morgan fingerprint density at radius 3 is 2.83 bits per heavy atom. The number of aliphatic hydroxyl groups is 1. The van der Waals surface area contributed by atoms with Crippen LogP contribution in [0.4, 0.5) is 5.95 Å². The zero-order valence-corrected chi connectivity index (χ0v) is 13.7. The smallest absolute Gasteiger partial charge is 0.242 e. The average molecular weight is 330 g/mol. The zero-order chi connectivity index (χ0) is 16.9. The van der Waals surface area contributed by atoms with Gasteiger partial charge in [-0.1, -0.05) is 6.92 Å². The van der Waals surface area contributed by atoms with E-state index in [-0.39, 0.29) is 18.5 Å². The number of hydrogen-bond donors (Lipinski definition) is 2. The van der Waals surface area contributed by atoms with Crippen LogP contribution in [0.2, 0.25) is 0 Å². The molecule has 1 aliphatic rings. The number of nitrogens with one attached hydrogen (secondary N) is 1. The summed E-state index contributed by atoms with van der Waals surface area (Å²) in [6.07, 6.45) is 7.60. The van der Waals surface area contributed by atoms with Crippen LogP contribution in [-0.2, 0) is 17.8 Å². The van der Waals surface area contributed by atoms with Crippen LogP contribution in [0.15, 0.2) is 30.9 Å². The van der Waals surface area contributed by atoms with E-state index >= 15 is 0 Å². The molecular formula is C16H22N6O2. The highest BCUT2D eigenvalue weighted by Gasteiger charge is 2.30. The number of aromatic nitrogens is 4. The van der Waals surface area contributed by atoms with E-state index in [2.05, 4.69) is 20.3 Å². The summed E-state index contributed by atoms with van der Waals surface area (Å²) < 4.78 is 1.86. The van der Waals surface area contributed by atoms with E-state index in [1.54, 1.807) is 29.6 Å². The second kappa shape index (κ2) is 7.39. The third-order valence-corrected chi connectivity index (χ3v) is 4.24. The maximum Gasteiger partial charge on any atom is 0.242 e. The lowest BCUT2D eigenvalue weighted by atomic mass is 10.0. The number of amides is 1. The van der Waals surface area contributed by atoms with Crippen molar-refractivity contribution in [2.45, 2.75) is 38.5 Å². The lowest BCUT2D eigenvalue weighted by Gasteiger charge is -2.36. The number of nitrogens with zero attached hydrogens (tertiary/aromatic N) is 5. The molecular weight excluding hydrogens is 308 g/mol. The largest absolute Gasteiger partial charge is 0.389 e. The first-order valence-electron chi connectivity index (χ1n) is 8.16. The molecule has 1 amide bonds. The van der Waals surface area contributed by atoms with Crippen molar-refractivity contribution in [2.75, 3.05) is 18.4 Å². The minimum absolute atomic E-state index is 0.00355. The number of β-amino-alcohol motifs (C(OH)–C–C–N with tert-alkyl or cyclic N) is 1. The summed E-state index contributed by atoms with van der Waals surface area (Å²) in [5.41, 5.74) is 0. The summed E-state index contributed by atoms with van der Waals surface area (Å²) in [6.45, 7) is 3.17. The molecule has 2 aromatic heterocycles. The van der Waals surface area contributed by atoms with Crippen molar-refractivity contribution in [3.8, 4) is 0 Å². The van der Waals surface area contributed by atoms with Crippen molar-refractivity contribution in [1.82, 2.24) is 24.4 Å². The van der Waals surface area contributed by atoms with E-state index in [1.165, 1.54) is 0 Å². The maximum absolute atomic E-state index is 12.5. The molecule has 2 aromatic rings. The molecule has 8 heteroatoms. The maximum atomic E-state index is 12.5. The van der Waals surface area contributed by atoms with Crippen molar-refractivity contribution in [3.63, 3.8) is 0 Å². The zero-order valence-electron chi connectivity index (χ0n) is 13.7. The fraction of sp³-hybridized carbons (Fsp3) is 0.500. The van der Waals surface area contributed by atoms with Crippen LogP contribution in [-0.4, -0.2) is 60.7 Å². The molecule has 0 radical (unpaired) electrons. The third kappa shape index (κ3) is 3.70. The van der Waals surface area contributed by atoms with E-state index in [0.29, 0.717) is 25.5 Å². The SMILES string of the molecule is CCc1nccn1CC(=O)N1CC[C@@H](Nc2ncccn2)[C@H](O)C1. The van der Waals surface area contributed by atoms with Crippen LogP contribution in [0.25, 0.3) is 0 Å². The first-order chi connectivity index (χ1) is 11.7. The van der Waals surface area contributed by atoms with Gasteiger partial charge in [0.25, 0.3) is 0 Å². The number of anilines is 1. The van der Waals surface area contributed by atoms with Gasteiger partial charge in [-0.25, -0.2) is 15.0 Å². The Labute approximate surface area is 140 Å². The molecule has 1 fully saturated rings. The highest BCUT2D eigenvalue weighted by atomic mass is 16.3. The number of likely N-dealkylation sites (tertiary alicyclic amines) is 1. The van der Waals surface area contributed by atoms with E-state index in [1.807, 2.05) is 17.7 Å². The van der Waals surface area contributed by atoms with Gasteiger partial charge in [-0.2, -0.15) is 0 Å². The molecule has 0 bridgehead atoms. The molecule has 24 heavy (non-hydrogen) atoms. The molecule has 2 N–H and O–H groups in total. The van der Waals surface area contributed by atoms with Crippen molar-refractivity contribution in [3.05, 3.63) is 36.7 Å². The minimum Gasteiger partial charge on any atom is -0.389 e. The number of carbonyl (C=O) groups is 1. The van der Waals surface area contributed by atoms with Gasteiger partial charge in [0.2, 0.25) is 11.9 Å². The fourth-order valence-corrected chi connectivity index (χ4v) is 2.91. The summed E-state index contributed by atoms with van der Waals surface area (Å²) in [5, 5.41) is 13.5. The predicted octanol–water partition coefficient (Wildman–Crippen LogP) is 0.309. The normalized spacial score (nSPS) is 20.8. The number of aryl methyl sites for hydroxylation is 1. The van der Waals surface area contributed by atoms with Crippen molar-refractivity contribution in [2.24, 2.45) is 0 Å². The fourth-order valence-electron chi connectivity index (χ4n) is 2.91. The molecule has 8 nitrogen and oxygen atoms in total. The molecule has 0 unspecified atom stereocenters. The van der Waals surface area contributed by atoms with Crippen molar-refractivity contribution in [1.29, 1.82) is 0 Å². The molecule has 0 spiro atoms. The van der Waals surface area contributed by atoms with Crippen LogP contribution in [0.1, 0.15) is 19.2 Å². The highest BCUT2D eigenvalue weighted by Crippen LogP contribution is 2.15. The van der Waals surface area contributed by atoms with Gasteiger partial charge >= 0.3 is 0 Å². The Kier molecular flexibility index (Phi) is 5.05. The number of carbonyl (C=O) groups excluding carboxylic acids is 1. The molecule has 128 valence electrons. The van der Waals surface area contributed by atoms with Gasteiger partial charge in [-0.05, 0) is 12.5 Å².